The van der Waals surface area contributed by atoms with Crippen LogP contribution in [-0.2, 0) is 4.79 Å². The molecule has 0 spiro atoms. The first-order valence-corrected chi connectivity index (χ1v) is 9.33. The van der Waals surface area contributed by atoms with E-state index in [0.717, 1.165) is 34.8 Å². The van der Waals surface area contributed by atoms with E-state index in [1.165, 1.54) is 5.56 Å². The molecule has 1 unspecified atom stereocenters. The first-order chi connectivity index (χ1) is 13.2. The van der Waals surface area contributed by atoms with Gasteiger partial charge in [0.2, 0.25) is 5.91 Å². The Morgan fingerprint density at radius 1 is 1.15 bits per heavy atom. The topological polar surface area (TPSA) is 56.1 Å². The van der Waals surface area contributed by atoms with Crippen molar-refractivity contribution in [3.05, 3.63) is 71.4 Å². The van der Waals surface area contributed by atoms with Crippen molar-refractivity contribution in [2.45, 2.75) is 32.6 Å². The molecular formula is C22H23N3O2. The highest BCUT2D eigenvalue weighted by atomic mass is 16.5. The minimum atomic E-state index is -0.00632. The average molecular weight is 361 g/mol. The number of anilines is 1. The second-order valence-electron chi connectivity index (χ2n) is 6.92. The molecule has 1 aromatic heterocycles. The zero-order chi connectivity index (χ0) is 18.8. The third-order valence-corrected chi connectivity index (χ3v) is 4.85. The predicted molar refractivity (Wildman–Crippen MR) is 106 cm³/mol. The Bertz CT molecular complexity index is 943. The number of fused-ring (bicyclic) bond motifs is 1. The van der Waals surface area contributed by atoms with E-state index in [-0.39, 0.29) is 11.8 Å². The van der Waals surface area contributed by atoms with Crippen molar-refractivity contribution in [1.82, 2.24) is 9.78 Å². The van der Waals surface area contributed by atoms with Crippen LogP contribution in [0, 0.1) is 6.92 Å². The molecule has 27 heavy (non-hydrogen) atoms. The van der Waals surface area contributed by atoms with E-state index in [1.807, 2.05) is 61.7 Å². The average Bonchev–Trinajstić information content (AvgIpc) is 3.10. The van der Waals surface area contributed by atoms with Gasteiger partial charge in [0.15, 0.2) is 0 Å². The number of benzene rings is 2. The number of nitrogens with zero attached hydrogens (tertiary/aromatic N) is 2. The van der Waals surface area contributed by atoms with E-state index in [2.05, 4.69) is 17.3 Å². The van der Waals surface area contributed by atoms with Crippen molar-refractivity contribution in [2.75, 3.05) is 11.9 Å². The number of carbonyl (C=O) groups excluding carboxylic acids is 1. The predicted octanol–water partition coefficient (Wildman–Crippen LogP) is 4.44. The molecule has 5 nitrogen and oxygen atoms in total. The zero-order valence-corrected chi connectivity index (χ0v) is 15.6. The van der Waals surface area contributed by atoms with Gasteiger partial charge >= 0.3 is 0 Å². The van der Waals surface area contributed by atoms with Crippen molar-refractivity contribution in [2.24, 2.45) is 0 Å². The molecule has 0 saturated heterocycles. The number of aromatic nitrogens is 2. The van der Waals surface area contributed by atoms with E-state index < -0.39 is 0 Å². The Morgan fingerprint density at radius 2 is 1.89 bits per heavy atom. The normalized spacial score (nSPS) is 15.9. The molecule has 1 atom stereocenters. The summed E-state index contributed by atoms with van der Waals surface area (Å²) in [7, 11) is 0. The fourth-order valence-electron chi connectivity index (χ4n) is 3.42. The first-order valence-electron chi connectivity index (χ1n) is 9.33. The molecule has 1 aliphatic heterocycles. The van der Waals surface area contributed by atoms with Crippen molar-refractivity contribution in [3.8, 4) is 11.4 Å². The summed E-state index contributed by atoms with van der Waals surface area (Å²) in [5.74, 6) is 1.61. The zero-order valence-electron chi connectivity index (χ0n) is 15.6. The van der Waals surface area contributed by atoms with Gasteiger partial charge in [-0.05, 0) is 43.2 Å². The van der Waals surface area contributed by atoms with Gasteiger partial charge in [0.1, 0.15) is 11.6 Å². The summed E-state index contributed by atoms with van der Waals surface area (Å²) in [6.07, 6.45) is 3.26. The number of ether oxygens (including phenoxy) is 1. The second-order valence-corrected chi connectivity index (χ2v) is 6.92. The summed E-state index contributed by atoms with van der Waals surface area (Å²) in [5.41, 5.74) is 4.26. The molecule has 4 rings (SSSR count). The van der Waals surface area contributed by atoms with Crippen molar-refractivity contribution < 1.29 is 9.53 Å². The van der Waals surface area contributed by atoms with Gasteiger partial charge in [-0.15, -0.1) is 0 Å². The lowest BCUT2D eigenvalue weighted by atomic mass is 9.87. The van der Waals surface area contributed by atoms with Crippen LogP contribution in [0.15, 0.2) is 54.7 Å². The molecule has 138 valence electrons. The van der Waals surface area contributed by atoms with Crippen LogP contribution in [-0.4, -0.2) is 22.3 Å². The number of hydrogen-bond acceptors (Lipinski definition) is 3. The first kappa shape index (κ1) is 17.3. The summed E-state index contributed by atoms with van der Waals surface area (Å²) >= 11 is 0. The van der Waals surface area contributed by atoms with E-state index >= 15 is 0 Å². The lowest BCUT2D eigenvalue weighted by Gasteiger charge is -2.24. The molecule has 0 saturated carbocycles. The van der Waals surface area contributed by atoms with Crippen LogP contribution in [0.3, 0.4) is 0 Å². The van der Waals surface area contributed by atoms with Crippen molar-refractivity contribution in [1.29, 1.82) is 0 Å². The molecule has 1 amide bonds. The Labute approximate surface area is 159 Å². The quantitative estimate of drug-likeness (QED) is 0.731. The third kappa shape index (κ3) is 3.45. The number of hydrogen-bond donors (Lipinski definition) is 1. The molecule has 1 aliphatic rings. The van der Waals surface area contributed by atoms with Gasteiger partial charge < -0.3 is 10.1 Å². The SMILES string of the molecule is CCCOc1ccc(C2CC(=O)Nc3c2cnn3-c2ccc(C)cc2)cc1. The molecule has 0 fully saturated rings. The summed E-state index contributed by atoms with van der Waals surface area (Å²) in [5, 5.41) is 7.54. The third-order valence-electron chi connectivity index (χ3n) is 4.85. The van der Waals surface area contributed by atoms with Gasteiger partial charge in [0.05, 0.1) is 18.5 Å². The van der Waals surface area contributed by atoms with E-state index in [9.17, 15) is 4.79 Å². The number of amides is 1. The van der Waals surface area contributed by atoms with Gasteiger partial charge in [-0.25, -0.2) is 4.68 Å². The number of carbonyl (C=O) groups is 1. The Balaban J connectivity index is 1.67. The van der Waals surface area contributed by atoms with Crippen LogP contribution >= 0.6 is 0 Å². The summed E-state index contributed by atoms with van der Waals surface area (Å²) in [6.45, 7) is 4.84. The Hall–Kier alpha value is -3.08. The van der Waals surface area contributed by atoms with Crippen LogP contribution in [0.5, 0.6) is 5.75 Å². The molecule has 0 bridgehead atoms. The lowest BCUT2D eigenvalue weighted by Crippen LogP contribution is -2.24. The molecule has 2 heterocycles. The maximum absolute atomic E-state index is 12.4. The molecule has 0 aliphatic carbocycles. The van der Waals surface area contributed by atoms with E-state index in [1.54, 1.807) is 4.68 Å². The van der Waals surface area contributed by atoms with Crippen LogP contribution in [0.1, 0.15) is 42.4 Å². The van der Waals surface area contributed by atoms with Gasteiger partial charge in [0, 0.05) is 17.9 Å². The fraction of sp³-hybridized carbons (Fsp3) is 0.273. The monoisotopic (exact) mass is 361 g/mol. The standard InChI is InChI=1S/C22H23N3O2/c1-3-12-27-18-10-6-16(7-11-18)19-13-21(26)24-22-20(19)14-23-25(22)17-8-4-15(2)5-9-17/h4-11,14,19H,3,12-13H2,1-2H3,(H,24,26). The van der Waals surface area contributed by atoms with Crippen molar-refractivity contribution in [3.63, 3.8) is 0 Å². The van der Waals surface area contributed by atoms with Gasteiger partial charge in [-0.3, -0.25) is 4.79 Å². The highest BCUT2D eigenvalue weighted by Gasteiger charge is 2.30. The van der Waals surface area contributed by atoms with E-state index in [4.69, 9.17) is 4.74 Å². The second kappa shape index (κ2) is 7.27. The lowest BCUT2D eigenvalue weighted by molar-refractivity contribution is -0.116. The van der Waals surface area contributed by atoms with Crippen LogP contribution in [0.4, 0.5) is 5.82 Å². The van der Waals surface area contributed by atoms with Gasteiger partial charge in [-0.1, -0.05) is 36.8 Å². The molecule has 5 heteroatoms. The number of aryl methyl sites for hydroxylation is 1. The van der Waals surface area contributed by atoms with Crippen LogP contribution in [0.2, 0.25) is 0 Å². The minimum absolute atomic E-state index is 0.00632. The molecular weight excluding hydrogens is 338 g/mol. The Morgan fingerprint density at radius 3 is 2.59 bits per heavy atom. The number of nitrogens with one attached hydrogen (secondary N) is 1. The van der Waals surface area contributed by atoms with Gasteiger partial charge in [0.25, 0.3) is 0 Å². The maximum Gasteiger partial charge on any atom is 0.226 e. The van der Waals surface area contributed by atoms with Gasteiger partial charge in [-0.2, -0.15) is 5.10 Å². The largest absolute Gasteiger partial charge is 0.494 e. The smallest absolute Gasteiger partial charge is 0.226 e. The highest BCUT2D eigenvalue weighted by molar-refractivity contribution is 5.94. The van der Waals surface area contributed by atoms with E-state index in [0.29, 0.717) is 13.0 Å². The fourth-order valence-corrected chi connectivity index (χ4v) is 3.42. The molecule has 1 N–H and O–H groups in total. The molecule has 2 aromatic carbocycles. The van der Waals surface area contributed by atoms with Crippen LogP contribution in [0.25, 0.3) is 5.69 Å². The number of rotatable bonds is 5. The summed E-state index contributed by atoms with van der Waals surface area (Å²) < 4.78 is 7.47. The molecule has 0 radical (unpaired) electrons. The minimum Gasteiger partial charge on any atom is -0.494 e. The highest BCUT2D eigenvalue weighted by Crippen LogP contribution is 2.38. The maximum atomic E-state index is 12.4. The van der Waals surface area contributed by atoms with Crippen LogP contribution < -0.4 is 10.1 Å². The molecule has 3 aromatic rings. The summed E-state index contributed by atoms with van der Waals surface area (Å²) in [4.78, 5) is 12.4. The van der Waals surface area contributed by atoms with Crippen molar-refractivity contribution >= 4 is 11.7 Å². The Kier molecular flexibility index (Phi) is 4.67. The summed E-state index contributed by atoms with van der Waals surface area (Å²) in [6, 6.07) is 16.1.